The first-order valence-electron chi connectivity index (χ1n) is 11.9. The Morgan fingerprint density at radius 2 is 1.86 bits per heavy atom. The first kappa shape index (κ1) is 26.1. The number of benzene rings is 1. The molecule has 0 saturated carbocycles. The van der Waals surface area contributed by atoms with Crippen molar-refractivity contribution in [3.8, 4) is 11.4 Å². The summed E-state index contributed by atoms with van der Waals surface area (Å²) in [5, 5.41) is 4.39. The van der Waals surface area contributed by atoms with Crippen LogP contribution in [0.15, 0.2) is 59.8 Å². The van der Waals surface area contributed by atoms with Gasteiger partial charge in [-0.1, -0.05) is 23.7 Å². The summed E-state index contributed by atoms with van der Waals surface area (Å²) in [6.07, 6.45) is 6.61. The third-order valence-electron chi connectivity index (χ3n) is 6.08. The lowest BCUT2D eigenvalue weighted by molar-refractivity contribution is 0.302. The zero-order valence-corrected chi connectivity index (χ0v) is 22.0. The molecule has 36 heavy (non-hydrogen) atoms. The quantitative estimate of drug-likeness (QED) is 0.391. The molecule has 0 amide bonds. The van der Waals surface area contributed by atoms with Gasteiger partial charge in [-0.3, -0.25) is 9.78 Å². The standard InChI is InChI=1S/C25H30ClN5O4S/c1-19(2)36(33,34)30-13-11-29(12-14-30)23-18-28-31(22-9-3-8-21(26)16-22)25(32)24(23)35-15-5-7-20-6-4-10-27-17-20/h3-4,6,8-10,16-19H,5,7,11-15H2,1-2H3. The van der Waals surface area contributed by atoms with Crippen LogP contribution in [0.4, 0.5) is 5.69 Å². The summed E-state index contributed by atoms with van der Waals surface area (Å²) in [5.41, 5.74) is 1.79. The Labute approximate surface area is 216 Å². The number of halogens is 1. The van der Waals surface area contributed by atoms with Crippen molar-refractivity contribution >= 4 is 27.3 Å². The van der Waals surface area contributed by atoms with Crippen LogP contribution in [-0.2, 0) is 16.4 Å². The number of hydrogen-bond donors (Lipinski definition) is 0. The maximum Gasteiger partial charge on any atom is 0.316 e. The number of piperazine rings is 1. The molecule has 0 radical (unpaired) electrons. The van der Waals surface area contributed by atoms with Crippen LogP contribution in [0, 0.1) is 0 Å². The number of nitrogens with zero attached hydrogens (tertiary/aromatic N) is 5. The average molecular weight is 532 g/mol. The molecule has 3 heterocycles. The van der Waals surface area contributed by atoms with Crippen LogP contribution in [0.25, 0.3) is 5.69 Å². The van der Waals surface area contributed by atoms with Crippen LogP contribution in [0.2, 0.25) is 5.02 Å². The second-order valence-electron chi connectivity index (χ2n) is 8.85. The minimum atomic E-state index is -3.34. The summed E-state index contributed by atoms with van der Waals surface area (Å²) >= 11 is 6.13. The number of aryl methyl sites for hydroxylation is 1. The Bertz CT molecular complexity index is 1340. The minimum absolute atomic E-state index is 0.191. The van der Waals surface area contributed by atoms with Gasteiger partial charge in [-0.25, -0.2) is 8.42 Å². The Kier molecular flexibility index (Phi) is 8.28. The molecular formula is C25H30ClN5O4S. The highest BCUT2D eigenvalue weighted by atomic mass is 35.5. The van der Waals surface area contributed by atoms with Crippen molar-refractivity contribution in [2.24, 2.45) is 0 Å². The topological polar surface area (TPSA) is 97.6 Å². The highest BCUT2D eigenvalue weighted by Crippen LogP contribution is 2.27. The van der Waals surface area contributed by atoms with E-state index >= 15 is 0 Å². The summed E-state index contributed by atoms with van der Waals surface area (Å²) in [7, 11) is -3.34. The molecule has 2 aromatic heterocycles. The molecule has 0 unspecified atom stereocenters. The van der Waals surface area contributed by atoms with Gasteiger partial charge in [0.1, 0.15) is 5.69 Å². The normalized spacial score (nSPS) is 14.8. The summed E-state index contributed by atoms with van der Waals surface area (Å²) in [5.74, 6) is 0.191. The van der Waals surface area contributed by atoms with E-state index in [1.54, 1.807) is 50.5 Å². The molecule has 4 rings (SSSR count). The van der Waals surface area contributed by atoms with E-state index < -0.39 is 20.8 Å². The van der Waals surface area contributed by atoms with Crippen molar-refractivity contribution < 1.29 is 13.2 Å². The van der Waals surface area contributed by atoms with E-state index in [4.69, 9.17) is 16.3 Å². The number of ether oxygens (including phenoxy) is 1. The van der Waals surface area contributed by atoms with E-state index in [1.807, 2.05) is 23.2 Å². The molecule has 0 spiro atoms. The highest BCUT2D eigenvalue weighted by molar-refractivity contribution is 7.89. The summed E-state index contributed by atoms with van der Waals surface area (Å²) in [6.45, 7) is 5.22. The van der Waals surface area contributed by atoms with Crippen LogP contribution in [0.5, 0.6) is 5.75 Å². The molecule has 1 aromatic carbocycles. The molecule has 3 aromatic rings. The fourth-order valence-corrected chi connectivity index (χ4v) is 5.51. The molecule has 1 saturated heterocycles. The summed E-state index contributed by atoms with van der Waals surface area (Å²) in [6, 6.07) is 10.8. The Morgan fingerprint density at radius 1 is 1.08 bits per heavy atom. The van der Waals surface area contributed by atoms with Crippen LogP contribution >= 0.6 is 11.6 Å². The van der Waals surface area contributed by atoms with Gasteiger partial charge < -0.3 is 9.64 Å². The maximum atomic E-state index is 13.5. The Balaban J connectivity index is 1.57. The third kappa shape index (κ3) is 5.88. The van der Waals surface area contributed by atoms with Gasteiger partial charge in [-0.15, -0.1) is 0 Å². The Morgan fingerprint density at radius 3 is 2.53 bits per heavy atom. The lowest BCUT2D eigenvalue weighted by atomic mass is 10.2. The number of pyridine rings is 1. The molecule has 0 bridgehead atoms. The molecule has 1 aliphatic heterocycles. The lowest BCUT2D eigenvalue weighted by Gasteiger charge is -2.36. The van der Waals surface area contributed by atoms with Crippen molar-refractivity contribution in [1.82, 2.24) is 19.1 Å². The van der Waals surface area contributed by atoms with Crippen molar-refractivity contribution in [3.63, 3.8) is 0 Å². The van der Waals surface area contributed by atoms with Crippen LogP contribution in [0.3, 0.4) is 0 Å². The van der Waals surface area contributed by atoms with Crippen LogP contribution in [0.1, 0.15) is 25.8 Å². The molecule has 11 heteroatoms. The van der Waals surface area contributed by atoms with Gasteiger partial charge in [0.15, 0.2) is 0 Å². The predicted octanol–water partition coefficient (Wildman–Crippen LogP) is 3.15. The minimum Gasteiger partial charge on any atom is -0.486 e. The van der Waals surface area contributed by atoms with Gasteiger partial charge in [0.2, 0.25) is 15.8 Å². The largest absolute Gasteiger partial charge is 0.486 e. The highest BCUT2D eigenvalue weighted by Gasteiger charge is 2.31. The van der Waals surface area contributed by atoms with Gasteiger partial charge in [-0.2, -0.15) is 14.1 Å². The molecule has 1 aliphatic rings. The number of hydrogen-bond acceptors (Lipinski definition) is 7. The Hall–Kier alpha value is -2.95. The molecule has 0 atom stereocenters. The van der Waals surface area contributed by atoms with Crippen LogP contribution < -0.4 is 15.2 Å². The number of anilines is 1. The van der Waals surface area contributed by atoms with Gasteiger partial charge in [0.05, 0.1) is 23.7 Å². The van der Waals surface area contributed by atoms with Crippen LogP contribution in [-0.4, -0.2) is 65.5 Å². The smallest absolute Gasteiger partial charge is 0.316 e. The fourth-order valence-electron chi connectivity index (χ4n) is 4.06. The fraction of sp³-hybridized carbons (Fsp3) is 0.400. The van der Waals surface area contributed by atoms with Gasteiger partial charge in [-0.05, 0) is 56.5 Å². The molecule has 0 N–H and O–H groups in total. The van der Waals surface area contributed by atoms with Gasteiger partial charge in [0, 0.05) is 43.6 Å². The van der Waals surface area contributed by atoms with E-state index in [2.05, 4.69) is 10.1 Å². The molecule has 192 valence electrons. The molecule has 9 nitrogen and oxygen atoms in total. The first-order chi connectivity index (χ1) is 17.3. The van der Waals surface area contributed by atoms with Gasteiger partial charge >= 0.3 is 5.56 Å². The van der Waals surface area contributed by atoms with Crippen molar-refractivity contribution in [1.29, 1.82) is 0 Å². The zero-order chi connectivity index (χ0) is 25.7. The van der Waals surface area contributed by atoms with E-state index in [0.717, 1.165) is 12.0 Å². The van der Waals surface area contributed by atoms with Crippen molar-refractivity contribution in [2.75, 3.05) is 37.7 Å². The van der Waals surface area contributed by atoms with E-state index in [1.165, 1.54) is 8.99 Å². The molecule has 1 fully saturated rings. The second kappa shape index (κ2) is 11.4. The van der Waals surface area contributed by atoms with E-state index in [0.29, 0.717) is 55.6 Å². The average Bonchev–Trinajstić information content (AvgIpc) is 2.88. The first-order valence-corrected chi connectivity index (χ1v) is 13.8. The molecule has 0 aliphatic carbocycles. The van der Waals surface area contributed by atoms with E-state index in [9.17, 15) is 13.2 Å². The number of rotatable bonds is 9. The summed E-state index contributed by atoms with van der Waals surface area (Å²) in [4.78, 5) is 19.6. The maximum absolute atomic E-state index is 13.5. The lowest BCUT2D eigenvalue weighted by Crippen LogP contribution is -2.50. The third-order valence-corrected chi connectivity index (χ3v) is 8.59. The predicted molar refractivity (Wildman–Crippen MR) is 141 cm³/mol. The van der Waals surface area contributed by atoms with Gasteiger partial charge in [0.25, 0.3) is 0 Å². The SMILES string of the molecule is CC(C)S(=O)(=O)N1CCN(c2cnn(-c3cccc(Cl)c3)c(=O)c2OCCCc2cccnc2)CC1. The summed E-state index contributed by atoms with van der Waals surface area (Å²) < 4.78 is 34.0. The number of aromatic nitrogens is 3. The zero-order valence-electron chi connectivity index (χ0n) is 20.4. The van der Waals surface area contributed by atoms with E-state index in [-0.39, 0.29) is 5.75 Å². The molecular weight excluding hydrogens is 502 g/mol. The second-order valence-corrected chi connectivity index (χ2v) is 11.8. The number of sulfonamides is 1. The van der Waals surface area contributed by atoms with Crippen molar-refractivity contribution in [2.45, 2.75) is 31.9 Å². The monoisotopic (exact) mass is 531 g/mol. The van der Waals surface area contributed by atoms with Crippen molar-refractivity contribution in [3.05, 3.63) is 75.9 Å².